The predicted molar refractivity (Wildman–Crippen MR) is 113 cm³/mol. The second-order valence-corrected chi connectivity index (χ2v) is 6.71. The molecule has 0 atom stereocenters. The first-order chi connectivity index (χ1) is 14.0. The van der Waals surface area contributed by atoms with Crippen molar-refractivity contribution < 1.29 is 19.1 Å². The van der Waals surface area contributed by atoms with E-state index < -0.39 is 5.97 Å². The average Bonchev–Trinajstić information content (AvgIpc) is 2.72. The van der Waals surface area contributed by atoms with Gasteiger partial charge in [-0.05, 0) is 49.2 Å². The number of carbonyl (C=O) groups excluding carboxylic acids is 2. The Morgan fingerprint density at radius 3 is 2.52 bits per heavy atom. The van der Waals surface area contributed by atoms with Crippen LogP contribution in [0.5, 0.6) is 5.75 Å². The maximum Gasteiger partial charge on any atom is 0.357 e. The minimum Gasteiger partial charge on any atom is -0.483 e. The molecule has 1 amide bonds. The normalized spacial score (nSPS) is 10.6. The van der Waals surface area contributed by atoms with Crippen LogP contribution < -0.4 is 10.1 Å². The highest BCUT2D eigenvalue weighted by atomic mass is 35.5. The summed E-state index contributed by atoms with van der Waals surface area (Å²) >= 11 is 6.08. The van der Waals surface area contributed by atoms with Crippen LogP contribution in [0.2, 0.25) is 5.02 Å². The summed E-state index contributed by atoms with van der Waals surface area (Å²) in [7, 11) is 0. The summed E-state index contributed by atoms with van der Waals surface area (Å²) in [6.45, 7) is 3.78. The van der Waals surface area contributed by atoms with Crippen molar-refractivity contribution in [2.24, 2.45) is 0 Å². The SMILES string of the molecule is CCOC(=O)c1cc(OCC(=O)Nc2ccc(CC)cc2)c2cc(Cl)ccc2n1. The smallest absolute Gasteiger partial charge is 0.357 e. The lowest BCUT2D eigenvalue weighted by Gasteiger charge is -2.12. The number of anilines is 1. The van der Waals surface area contributed by atoms with Gasteiger partial charge in [0.05, 0.1) is 12.1 Å². The summed E-state index contributed by atoms with van der Waals surface area (Å²) in [6, 6.07) is 14.1. The van der Waals surface area contributed by atoms with Crippen LogP contribution in [0.1, 0.15) is 29.9 Å². The zero-order valence-electron chi connectivity index (χ0n) is 16.2. The van der Waals surface area contributed by atoms with Gasteiger partial charge in [0.2, 0.25) is 0 Å². The largest absolute Gasteiger partial charge is 0.483 e. The molecule has 0 saturated heterocycles. The number of aromatic nitrogens is 1. The third-order valence-corrected chi connectivity index (χ3v) is 4.46. The van der Waals surface area contributed by atoms with Gasteiger partial charge in [-0.15, -0.1) is 0 Å². The highest BCUT2D eigenvalue weighted by Gasteiger charge is 2.15. The van der Waals surface area contributed by atoms with E-state index in [0.717, 1.165) is 6.42 Å². The van der Waals surface area contributed by atoms with E-state index in [0.29, 0.717) is 27.4 Å². The first-order valence-corrected chi connectivity index (χ1v) is 9.67. The number of amides is 1. The fraction of sp³-hybridized carbons (Fsp3) is 0.227. The van der Waals surface area contributed by atoms with Gasteiger partial charge in [-0.25, -0.2) is 9.78 Å². The Bertz CT molecular complexity index is 1030. The molecule has 1 aromatic heterocycles. The number of aryl methyl sites for hydroxylation is 1. The van der Waals surface area contributed by atoms with E-state index in [-0.39, 0.29) is 24.8 Å². The number of hydrogen-bond donors (Lipinski definition) is 1. The number of carbonyl (C=O) groups is 2. The van der Waals surface area contributed by atoms with Crippen molar-refractivity contribution in [2.75, 3.05) is 18.5 Å². The highest BCUT2D eigenvalue weighted by molar-refractivity contribution is 6.31. The van der Waals surface area contributed by atoms with Crippen molar-refractivity contribution in [1.82, 2.24) is 4.98 Å². The van der Waals surface area contributed by atoms with Crippen LogP contribution in [0, 0.1) is 0 Å². The van der Waals surface area contributed by atoms with Crippen LogP contribution >= 0.6 is 11.6 Å². The maximum atomic E-state index is 12.3. The van der Waals surface area contributed by atoms with Crippen molar-refractivity contribution in [3.8, 4) is 5.75 Å². The zero-order valence-corrected chi connectivity index (χ0v) is 17.0. The standard InChI is InChI=1S/C22H21ClN2O4/c1-3-14-5-8-16(9-6-14)24-21(26)13-29-20-12-19(22(27)28-4-2)25-18-10-7-15(23)11-17(18)20/h5-12H,3-4,13H2,1-2H3,(H,24,26). The fourth-order valence-electron chi connectivity index (χ4n) is 2.76. The summed E-state index contributed by atoms with van der Waals surface area (Å²) in [6.07, 6.45) is 0.928. The van der Waals surface area contributed by atoms with Crippen molar-refractivity contribution >= 4 is 40.1 Å². The second-order valence-electron chi connectivity index (χ2n) is 6.27. The van der Waals surface area contributed by atoms with Gasteiger partial charge in [0.15, 0.2) is 12.3 Å². The number of esters is 1. The number of nitrogens with one attached hydrogen (secondary N) is 1. The van der Waals surface area contributed by atoms with Gasteiger partial charge in [0, 0.05) is 22.2 Å². The number of benzene rings is 2. The van der Waals surface area contributed by atoms with E-state index >= 15 is 0 Å². The number of pyridine rings is 1. The Labute approximate surface area is 173 Å². The van der Waals surface area contributed by atoms with Crippen molar-refractivity contribution in [3.05, 3.63) is 64.8 Å². The summed E-state index contributed by atoms with van der Waals surface area (Å²) in [5.74, 6) is -0.550. The summed E-state index contributed by atoms with van der Waals surface area (Å²) in [5, 5.41) is 3.88. The van der Waals surface area contributed by atoms with Crippen LogP contribution in [-0.4, -0.2) is 30.1 Å². The van der Waals surface area contributed by atoms with E-state index in [1.807, 2.05) is 24.3 Å². The molecule has 6 nitrogen and oxygen atoms in total. The molecule has 0 bridgehead atoms. The molecule has 0 unspecified atom stereocenters. The highest BCUT2D eigenvalue weighted by Crippen LogP contribution is 2.28. The molecule has 0 saturated carbocycles. The Hall–Kier alpha value is -3.12. The lowest BCUT2D eigenvalue weighted by molar-refractivity contribution is -0.118. The summed E-state index contributed by atoms with van der Waals surface area (Å²) in [5.41, 5.74) is 2.49. The molecule has 0 aliphatic carbocycles. The van der Waals surface area contributed by atoms with E-state index in [2.05, 4.69) is 17.2 Å². The van der Waals surface area contributed by atoms with Gasteiger partial charge in [0.25, 0.3) is 5.91 Å². The second kappa shape index (κ2) is 9.39. The Kier molecular flexibility index (Phi) is 6.67. The van der Waals surface area contributed by atoms with Crippen LogP contribution in [0.25, 0.3) is 10.9 Å². The third-order valence-electron chi connectivity index (χ3n) is 4.22. The molecular formula is C22H21ClN2O4. The van der Waals surface area contributed by atoms with Crippen molar-refractivity contribution in [2.45, 2.75) is 20.3 Å². The molecule has 0 aliphatic rings. The number of fused-ring (bicyclic) bond motifs is 1. The van der Waals surface area contributed by atoms with Gasteiger partial charge >= 0.3 is 5.97 Å². The molecule has 1 heterocycles. The lowest BCUT2D eigenvalue weighted by atomic mass is 10.1. The molecule has 7 heteroatoms. The molecular weight excluding hydrogens is 392 g/mol. The maximum absolute atomic E-state index is 12.3. The molecule has 2 aromatic carbocycles. The molecule has 29 heavy (non-hydrogen) atoms. The fourth-order valence-corrected chi connectivity index (χ4v) is 2.93. The molecule has 0 spiro atoms. The quantitative estimate of drug-likeness (QED) is 0.572. The van der Waals surface area contributed by atoms with Crippen molar-refractivity contribution in [3.63, 3.8) is 0 Å². The number of ether oxygens (including phenoxy) is 2. The minimum atomic E-state index is -0.560. The molecule has 0 fully saturated rings. The Morgan fingerprint density at radius 2 is 1.83 bits per heavy atom. The number of nitrogens with zero attached hydrogens (tertiary/aromatic N) is 1. The van der Waals surface area contributed by atoms with Gasteiger partial charge in [-0.2, -0.15) is 0 Å². The lowest BCUT2D eigenvalue weighted by Crippen LogP contribution is -2.20. The monoisotopic (exact) mass is 412 g/mol. The average molecular weight is 413 g/mol. The molecule has 1 N–H and O–H groups in total. The molecule has 150 valence electrons. The van der Waals surface area contributed by atoms with Gasteiger partial charge in [-0.3, -0.25) is 4.79 Å². The van der Waals surface area contributed by atoms with E-state index in [4.69, 9.17) is 21.1 Å². The first-order valence-electron chi connectivity index (χ1n) is 9.29. The van der Waals surface area contributed by atoms with Crippen LogP contribution in [0.4, 0.5) is 5.69 Å². The number of hydrogen-bond acceptors (Lipinski definition) is 5. The predicted octanol–water partition coefficient (Wildman–Crippen LogP) is 4.64. The zero-order chi connectivity index (χ0) is 20.8. The van der Waals surface area contributed by atoms with E-state index in [1.165, 1.54) is 11.6 Å². The van der Waals surface area contributed by atoms with Crippen LogP contribution in [0.15, 0.2) is 48.5 Å². The van der Waals surface area contributed by atoms with Crippen LogP contribution in [0.3, 0.4) is 0 Å². The van der Waals surface area contributed by atoms with Crippen molar-refractivity contribution in [1.29, 1.82) is 0 Å². The first kappa shape index (κ1) is 20.6. The Morgan fingerprint density at radius 1 is 1.07 bits per heavy atom. The molecule has 3 aromatic rings. The number of halogens is 1. The topological polar surface area (TPSA) is 77.5 Å². The van der Waals surface area contributed by atoms with E-state index in [9.17, 15) is 9.59 Å². The molecule has 3 rings (SSSR count). The van der Waals surface area contributed by atoms with Gasteiger partial charge in [-0.1, -0.05) is 30.7 Å². The van der Waals surface area contributed by atoms with Gasteiger partial charge < -0.3 is 14.8 Å². The summed E-state index contributed by atoms with van der Waals surface area (Å²) < 4.78 is 10.7. The van der Waals surface area contributed by atoms with Crippen LogP contribution in [-0.2, 0) is 16.0 Å². The molecule has 0 aliphatic heterocycles. The Balaban J connectivity index is 1.79. The number of rotatable bonds is 7. The molecule has 0 radical (unpaired) electrons. The minimum absolute atomic E-state index is 0.104. The summed E-state index contributed by atoms with van der Waals surface area (Å²) in [4.78, 5) is 28.7. The van der Waals surface area contributed by atoms with E-state index in [1.54, 1.807) is 25.1 Å². The van der Waals surface area contributed by atoms with Gasteiger partial charge in [0.1, 0.15) is 5.75 Å². The third kappa shape index (κ3) is 5.23.